The van der Waals surface area contributed by atoms with Crippen molar-refractivity contribution in [3.05, 3.63) is 374 Å². The van der Waals surface area contributed by atoms with E-state index in [2.05, 4.69) is 380 Å². The molecule has 0 aliphatic heterocycles. The average molecular weight is 1300 g/mol. The standard InChI is InChI=1S/C53H36.C49H34/c1-53(2)49-28-27-37(30-46(49)47-29-35-13-3-4-14-36(35)32-50(47)53)33-23-25-34(26-24-33)51-42-19-9-11-21-44(42)52(45-22-12-10-20-43(45)51)48-31-38-15-5-6-16-39(38)40-17-7-8-18-41(40)48;1-49(2)45-27-26-36(29-43(45)44-28-34-13-3-4-14-35(34)30-46(44)49)31-22-24-33(25-23-31)47-39-17-7-9-19-41(39)48(42-20-10-8-18-40(42)47)38-21-11-15-32-12-5-6-16-37(32)38/h3-32H,1-2H3;3-30H,1-2H3. The molecule has 0 amide bonds. The first kappa shape index (κ1) is 59.6. The molecule has 19 aromatic carbocycles. The summed E-state index contributed by atoms with van der Waals surface area (Å²) in [6.45, 7) is 9.45. The summed E-state index contributed by atoms with van der Waals surface area (Å²) < 4.78 is 0. The lowest BCUT2D eigenvalue weighted by atomic mass is 9.81. The molecule has 0 saturated heterocycles. The van der Waals surface area contributed by atoms with Crippen LogP contribution < -0.4 is 0 Å². The third-order valence-electron chi connectivity index (χ3n) is 23.1. The highest BCUT2D eigenvalue weighted by Gasteiger charge is 2.37. The van der Waals surface area contributed by atoms with E-state index in [0.717, 1.165) is 0 Å². The number of hydrogen-bond donors (Lipinski definition) is 0. The van der Waals surface area contributed by atoms with E-state index < -0.39 is 0 Å². The van der Waals surface area contributed by atoms with E-state index in [1.807, 2.05) is 0 Å². The zero-order valence-corrected chi connectivity index (χ0v) is 57.5. The molecule has 2 aliphatic rings. The minimum Gasteiger partial charge on any atom is -0.0616 e. The molecule has 0 atom stereocenters. The second kappa shape index (κ2) is 23.0. The summed E-state index contributed by atoms with van der Waals surface area (Å²) in [7, 11) is 0. The van der Waals surface area contributed by atoms with E-state index in [9.17, 15) is 0 Å². The molecule has 0 N–H and O–H groups in total. The molecule has 2 aliphatic carbocycles. The molecule has 0 nitrogen and oxygen atoms in total. The Morgan fingerprint density at radius 3 is 0.863 bits per heavy atom. The van der Waals surface area contributed by atoms with E-state index in [1.54, 1.807) is 0 Å². The van der Waals surface area contributed by atoms with Crippen molar-refractivity contribution in [2.24, 2.45) is 0 Å². The molecule has 0 unspecified atom stereocenters. The maximum absolute atomic E-state index is 2.42. The van der Waals surface area contributed by atoms with E-state index in [-0.39, 0.29) is 10.8 Å². The predicted molar refractivity (Wildman–Crippen MR) is 438 cm³/mol. The van der Waals surface area contributed by atoms with Gasteiger partial charge in [0.15, 0.2) is 0 Å². The highest BCUT2D eigenvalue weighted by Crippen LogP contribution is 2.54. The third kappa shape index (κ3) is 9.22. The number of rotatable bonds is 6. The van der Waals surface area contributed by atoms with Crippen LogP contribution in [-0.4, -0.2) is 0 Å². The number of benzene rings is 19. The van der Waals surface area contributed by atoms with Gasteiger partial charge in [0.2, 0.25) is 0 Å². The van der Waals surface area contributed by atoms with Gasteiger partial charge in [-0.05, 0) is 251 Å². The Bertz CT molecular complexity index is 6600. The van der Waals surface area contributed by atoms with Crippen LogP contribution in [0.25, 0.3) is 186 Å². The molecule has 0 saturated carbocycles. The molecule has 0 spiro atoms. The molecular weight excluding hydrogens is 1230 g/mol. The maximum Gasteiger partial charge on any atom is 0.0159 e. The Morgan fingerprint density at radius 1 is 0.147 bits per heavy atom. The van der Waals surface area contributed by atoms with E-state index >= 15 is 0 Å². The van der Waals surface area contributed by atoms with E-state index in [1.165, 1.54) is 208 Å². The number of hydrogen-bond acceptors (Lipinski definition) is 0. The Hall–Kier alpha value is -12.5. The lowest BCUT2D eigenvalue weighted by Gasteiger charge is -2.22. The van der Waals surface area contributed by atoms with Gasteiger partial charge in [0.05, 0.1) is 0 Å². The molecule has 0 heteroatoms. The summed E-state index contributed by atoms with van der Waals surface area (Å²) in [5.74, 6) is 0. The Kier molecular flexibility index (Phi) is 13.5. The first-order valence-corrected chi connectivity index (χ1v) is 35.9. The van der Waals surface area contributed by atoms with Crippen molar-refractivity contribution in [3.63, 3.8) is 0 Å². The SMILES string of the molecule is CC1(C)c2ccc(-c3ccc(-c4c5ccccc5c(-c5cc6ccccc6c6ccccc56)c5ccccc45)cc3)cc2-c2cc3ccccc3cc21.CC1(C)c2ccc(-c3ccc(-c4c5ccccc5c(-c5cccc6ccccc56)c5ccccc45)cc3)cc2-c2cc3ccccc3cc21. The van der Waals surface area contributed by atoms with Crippen LogP contribution in [0.5, 0.6) is 0 Å². The smallest absolute Gasteiger partial charge is 0.0159 e. The van der Waals surface area contributed by atoms with Crippen molar-refractivity contribution >= 4 is 97.0 Å². The van der Waals surface area contributed by atoms with Gasteiger partial charge in [0.1, 0.15) is 0 Å². The molecular formula is C102H70. The van der Waals surface area contributed by atoms with Crippen LogP contribution in [-0.2, 0) is 10.8 Å². The van der Waals surface area contributed by atoms with Gasteiger partial charge in [-0.1, -0.05) is 337 Å². The fourth-order valence-electron chi connectivity index (χ4n) is 18.1. The van der Waals surface area contributed by atoms with Crippen molar-refractivity contribution in [2.75, 3.05) is 0 Å². The summed E-state index contributed by atoms with van der Waals surface area (Å²) >= 11 is 0. The van der Waals surface area contributed by atoms with Crippen LogP contribution in [0.4, 0.5) is 0 Å². The monoisotopic (exact) mass is 1290 g/mol. The van der Waals surface area contributed by atoms with Crippen LogP contribution in [0.2, 0.25) is 0 Å². The lowest BCUT2D eigenvalue weighted by Crippen LogP contribution is -2.14. The quantitative estimate of drug-likeness (QED) is 0.115. The minimum absolute atomic E-state index is 0.0304. The molecule has 0 aromatic heterocycles. The lowest BCUT2D eigenvalue weighted by molar-refractivity contribution is 0.661. The van der Waals surface area contributed by atoms with Crippen LogP contribution in [0.15, 0.2) is 352 Å². The molecule has 102 heavy (non-hydrogen) atoms. The third-order valence-corrected chi connectivity index (χ3v) is 23.1. The van der Waals surface area contributed by atoms with Gasteiger partial charge in [0, 0.05) is 10.8 Å². The van der Waals surface area contributed by atoms with Crippen LogP contribution in [0.1, 0.15) is 49.9 Å². The first-order chi connectivity index (χ1) is 50.1. The van der Waals surface area contributed by atoms with Gasteiger partial charge in [-0.15, -0.1) is 0 Å². The summed E-state index contributed by atoms with van der Waals surface area (Å²) in [6.07, 6.45) is 0. The van der Waals surface area contributed by atoms with Crippen molar-refractivity contribution in [2.45, 2.75) is 38.5 Å². The maximum atomic E-state index is 2.42. The highest BCUT2D eigenvalue weighted by atomic mass is 14.4. The van der Waals surface area contributed by atoms with Crippen LogP contribution >= 0.6 is 0 Å². The molecule has 0 bridgehead atoms. The highest BCUT2D eigenvalue weighted by molar-refractivity contribution is 6.27. The minimum atomic E-state index is -0.0372. The van der Waals surface area contributed by atoms with Crippen molar-refractivity contribution < 1.29 is 0 Å². The van der Waals surface area contributed by atoms with Gasteiger partial charge in [-0.3, -0.25) is 0 Å². The summed E-state index contributed by atoms with van der Waals surface area (Å²) in [6, 6.07) is 131. The fraction of sp³-hybridized carbons (Fsp3) is 0.0588. The summed E-state index contributed by atoms with van der Waals surface area (Å²) in [5, 5.41) is 23.1. The molecule has 0 fully saturated rings. The fourth-order valence-corrected chi connectivity index (χ4v) is 18.1. The zero-order valence-electron chi connectivity index (χ0n) is 57.5. The van der Waals surface area contributed by atoms with Crippen LogP contribution in [0.3, 0.4) is 0 Å². The second-order valence-corrected chi connectivity index (χ2v) is 29.3. The zero-order chi connectivity index (χ0) is 68.0. The van der Waals surface area contributed by atoms with Gasteiger partial charge in [0.25, 0.3) is 0 Å². The summed E-state index contributed by atoms with van der Waals surface area (Å²) in [5.41, 5.74) is 26.2. The van der Waals surface area contributed by atoms with Gasteiger partial charge in [-0.2, -0.15) is 0 Å². The Morgan fingerprint density at radius 2 is 0.431 bits per heavy atom. The average Bonchev–Trinajstić information content (AvgIpc) is 1.31. The van der Waals surface area contributed by atoms with Crippen molar-refractivity contribution in [1.82, 2.24) is 0 Å². The van der Waals surface area contributed by atoms with Crippen molar-refractivity contribution in [1.29, 1.82) is 0 Å². The predicted octanol–water partition coefficient (Wildman–Crippen LogP) is 28.4. The number of fused-ring (bicyclic) bond motifs is 16. The van der Waals surface area contributed by atoms with Gasteiger partial charge < -0.3 is 0 Å². The molecule has 21 rings (SSSR count). The van der Waals surface area contributed by atoms with Crippen molar-refractivity contribution in [3.8, 4) is 89.0 Å². The Labute approximate surface area is 594 Å². The summed E-state index contributed by atoms with van der Waals surface area (Å²) in [4.78, 5) is 0. The first-order valence-electron chi connectivity index (χ1n) is 35.9. The topological polar surface area (TPSA) is 0 Å². The molecule has 19 aromatic rings. The van der Waals surface area contributed by atoms with E-state index in [4.69, 9.17) is 0 Å². The second-order valence-electron chi connectivity index (χ2n) is 29.3. The normalized spacial score (nSPS) is 13.3. The van der Waals surface area contributed by atoms with E-state index in [0.29, 0.717) is 0 Å². The molecule has 478 valence electrons. The largest absolute Gasteiger partial charge is 0.0616 e. The van der Waals surface area contributed by atoms with Gasteiger partial charge in [-0.25, -0.2) is 0 Å². The van der Waals surface area contributed by atoms with Crippen LogP contribution in [0, 0.1) is 0 Å². The van der Waals surface area contributed by atoms with Gasteiger partial charge >= 0.3 is 0 Å². The Balaban J connectivity index is 0.000000137. The molecule has 0 radical (unpaired) electrons. The molecule has 0 heterocycles.